The third-order valence-corrected chi connectivity index (χ3v) is 2.35. The fourth-order valence-corrected chi connectivity index (χ4v) is 1.56. The van der Waals surface area contributed by atoms with E-state index in [0.717, 1.165) is 0 Å². The van der Waals surface area contributed by atoms with Crippen molar-refractivity contribution in [3.8, 4) is 11.3 Å². The maximum Gasteiger partial charge on any atom is 0.325 e. The molecule has 0 aromatic carbocycles. The van der Waals surface area contributed by atoms with E-state index in [0.29, 0.717) is 16.9 Å². The average molecular weight is 229 g/mol. The Hall–Kier alpha value is -2.70. The summed E-state index contributed by atoms with van der Waals surface area (Å²) in [6, 6.07) is 3.41. The van der Waals surface area contributed by atoms with Gasteiger partial charge in [0.05, 0.1) is 11.3 Å². The fraction of sp³-hybridized carbons (Fsp3) is 0. The van der Waals surface area contributed by atoms with Crippen molar-refractivity contribution in [2.24, 2.45) is 0 Å². The highest BCUT2D eigenvalue weighted by Gasteiger charge is 2.06. The molecule has 0 fully saturated rings. The number of nitrogens with one attached hydrogen (secondary N) is 2. The van der Waals surface area contributed by atoms with Crippen LogP contribution in [0, 0.1) is 0 Å². The van der Waals surface area contributed by atoms with Crippen LogP contribution in [0.25, 0.3) is 16.9 Å². The number of imidazole rings is 1. The molecule has 2 N–H and O–H groups in total. The highest BCUT2D eigenvalue weighted by molar-refractivity contribution is 5.57. The van der Waals surface area contributed by atoms with Crippen molar-refractivity contribution in [1.29, 1.82) is 0 Å². The predicted octanol–water partition coefficient (Wildman–Crippen LogP) is -0.227. The molecule has 0 aliphatic heterocycles. The molecule has 84 valence electrons. The fourth-order valence-electron chi connectivity index (χ4n) is 1.56. The molecule has 0 saturated carbocycles. The summed E-state index contributed by atoms with van der Waals surface area (Å²) >= 11 is 0. The van der Waals surface area contributed by atoms with E-state index in [9.17, 15) is 9.59 Å². The standard InChI is InChI=1S/C10H7N5O2/c16-9-6(5-12-10(17)13-9)7-1-2-8-11-3-4-15(8)14-7/h1-5H,(H2,12,13,16,17). The zero-order valence-electron chi connectivity index (χ0n) is 8.54. The molecule has 0 bridgehead atoms. The van der Waals surface area contributed by atoms with Crippen LogP contribution in [0.5, 0.6) is 0 Å². The molecular formula is C10H7N5O2. The topological polar surface area (TPSA) is 95.9 Å². The quantitative estimate of drug-likeness (QED) is 0.602. The van der Waals surface area contributed by atoms with Crippen LogP contribution in [0.4, 0.5) is 0 Å². The zero-order valence-corrected chi connectivity index (χ0v) is 8.54. The Morgan fingerprint density at radius 2 is 2.12 bits per heavy atom. The second-order valence-electron chi connectivity index (χ2n) is 3.43. The lowest BCUT2D eigenvalue weighted by molar-refractivity contribution is 0.934. The second-order valence-corrected chi connectivity index (χ2v) is 3.43. The minimum absolute atomic E-state index is 0.306. The molecule has 0 amide bonds. The maximum atomic E-state index is 11.6. The summed E-state index contributed by atoms with van der Waals surface area (Å²) in [5.74, 6) is 0. The molecule has 0 saturated heterocycles. The van der Waals surface area contributed by atoms with Gasteiger partial charge in [-0.05, 0) is 12.1 Å². The first kappa shape index (κ1) is 9.52. The normalized spacial score (nSPS) is 10.8. The van der Waals surface area contributed by atoms with Crippen LogP contribution >= 0.6 is 0 Å². The Balaban J connectivity index is 2.26. The van der Waals surface area contributed by atoms with Crippen LogP contribution in [-0.2, 0) is 0 Å². The highest BCUT2D eigenvalue weighted by atomic mass is 16.2. The van der Waals surface area contributed by atoms with Gasteiger partial charge >= 0.3 is 5.69 Å². The highest BCUT2D eigenvalue weighted by Crippen LogP contribution is 2.10. The summed E-state index contributed by atoms with van der Waals surface area (Å²) < 4.78 is 1.56. The molecule has 0 spiro atoms. The van der Waals surface area contributed by atoms with Crippen molar-refractivity contribution < 1.29 is 0 Å². The van der Waals surface area contributed by atoms with E-state index in [4.69, 9.17) is 0 Å². The Kier molecular flexibility index (Phi) is 1.91. The summed E-state index contributed by atoms with van der Waals surface area (Å²) in [7, 11) is 0. The lowest BCUT2D eigenvalue weighted by Crippen LogP contribution is -2.22. The lowest BCUT2D eigenvalue weighted by Gasteiger charge is -1.99. The van der Waals surface area contributed by atoms with Crippen molar-refractivity contribution in [2.45, 2.75) is 0 Å². The van der Waals surface area contributed by atoms with Gasteiger partial charge in [0.1, 0.15) is 0 Å². The van der Waals surface area contributed by atoms with Gasteiger partial charge in [-0.2, -0.15) is 5.10 Å². The van der Waals surface area contributed by atoms with Gasteiger partial charge < -0.3 is 4.98 Å². The van der Waals surface area contributed by atoms with Crippen LogP contribution in [-0.4, -0.2) is 24.6 Å². The first-order valence-electron chi connectivity index (χ1n) is 4.87. The molecule has 0 radical (unpaired) electrons. The first-order chi connectivity index (χ1) is 8.24. The molecule has 7 heteroatoms. The summed E-state index contributed by atoms with van der Waals surface area (Å²) in [6.07, 6.45) is 4.63. The predicted molar refractivity (Wildman–Crippen MR) is 59.7 cm³/mol. The summed E-state index contributed by atoms with van der Waals surface area (Å²) in [4.78, 5) is 31.1. The molecule has 0 aliphatic carbocycles. The number of hydrogen-bond acceptors (Lipinski definition) is 4. The van der Waals surface area contributed by atoms with Gasteiger partial charge in [-0.3, -0.25) is 9.78 Å². The van der Waals surface area contributed by atoms with Crippen molar-refractivity contribution in [1.82, 2.24) is 24.6 Å². The van der Waals surface area contributed by atoms with Crippen molar-refractivity contribution >= 4 is 5.65 Å². The summed E-state index contributed by atoms with van der Waals surface area (Å²) in [5.41, 5.74) is 0.450. The van der Waals surface area contributed by atoms with Gasteiger partial charge in [0, 0.05) is 18.6 Å². The van der Waals surface area contributed by atoms with Crippen molar-refractivity contribution in [3.05, 3.63) is 51.6 Å². The Bertz CT molecular complexity index is 798. The van der Waals surface area contributed by atoms with E-state index in [2.05, 4.69) is 20.1 Å². The van der Waals surface area contributed by atoms with Gasteiger partial charge in [-0.1, -0.05) is 0 Å². The van der Waals surface area contributed by atoms with E-state index in [1.807, 2.05) is 0 Å². The Morgan fingerprint density at radius 3 is 2.94 bits per heavy atom. The van der Waals surface area contributed by atoms with Crippen LogP contribution in [0.2, 0.25) is 0 Å². The number of rotatable bonds is 1. The number of H-pyrrole nitrogens is 2. The van der Waals surface area contributed by atoms with Crippen molar-refractivity contribution in [3.63, 3.8) is 0 Å². The number of nitrogens with zero attached hydrogens (tertiary/aromatic N) is 3. The maximum absolute atomic E-state index is 11.6. The van der Waals surface area contributed by atoms with E-state index in [1.165, 1.54) is 6.20 Å². The SMILES string of the molecule is O=c1[nH]cc(-c2ccc3nccn3n2)c(=O)[nH]1. The molecule has 3 rings (SSSR count). The molecule has 17 heavy (non-hydrogen) atoms. The third-order valence-electron chi connectivity index (χ3n) is 2.35. The van der Waals surface area contributed by atoms with Gasteiger partial charge in [0.25, 0.3) is 5.56 Å². The summed E-state index contributed by atoms with van der Waals surface area (Å²) in [5, 5.41) is 4.21. The monoisotopic (exact) mass is 229 g/mol. The van der Waals surface area contributed by atoms with Crippen LogP contribution in [0.15, 0.2) is 40.3 Å². The van der Waals surface area contributed by atoms with E-state index in [1.54, 1.807) is 29.0 Å². The molecule has 7 nitrogen and oxygen atoms in total. The van der Waals surface area contributed by atoms with Gasteiger partial charge in [0.2, 0.25) is 0 Å². The van der Waals surface area contributed by atoms with E-state index < -0.39 is 11.2 Å². The minimum Gasteiger partial charge on any atom is -0.313 e. The average Bonchev–Trinajstić information content (AvgIpc) is 2.75. The largest absolute Gasteiger partial charge is 0.325 e. The number of aromatic nitrogens is 5. The zero-order chi connectivity index (χ0) is 11.8. The molecule has 0 aliphatic rings. The Morgan fingerprint density at radius 1 is 1.24 bits per heavy atom. The molecule has 3 heterocycles. The minimum atomic E-state index is -0.539. The molecule has 0 atom stereocenters. The smallest absolute Gasteiger partial charge is 0.313 e. The van der Waals surface area contributed by atoms with Gasteiger partial charge in [0.15, 0.2) is 5.65 Å². The van der Waals surface area contributed by atoms with E-state index >= 15 is 0 Å². The van der Waals surface area contributed by atoms with Gasteiger partial charge in [-0.25, -0.2) is 14.3 Å². The van der Waals surface area contributed by atoms with E-state index in [-0.39, 0.29) is 0 Å². The Labute approximate surface area is 93.8 Å². The van der Waals surface area contributed by atoms with Crippen LogP contribution in [0.3, 0.4) is 0 Å². The second kappa shape index (κ2) is 3.41. The molecular weight excluding hydrogens is 222 g/mol. The van der Waals surface area contributed by atoms with Crippen molar-refractivity contribution in [2.75, 3.05) is 0 Å². The van der Waals surface area contributed by atoms with Gasteiger partial charge in [-0.15, -0.1) is 0 Å². The molecule has 3 aromatic rings. The number of hydrogen-bond donors (Lipinski definition) is 2. The lowest BCUT2D eigenvalue weighted by atomic mass is 10.2. The summed E-state index contributed by atoms with van der Waals surface area (Å²) in [6.45, 7) is 0. The first-order valence-corrected chi connectivity index (χ1v) is 4.87. The molecule has 0 unspecified atom stereocenters. The number of aromatic amines is 2. The number of fused-ring (bicyclic) bond motifs is 1. The third kappa shape index (κ3) is 1.53. The van der Waals surface area contributed by atoms with Crippen LogP contribution < -0.4 is 11.2 Å². The van der Waals surface area contributed by atoms with Crippen LogP contribution in [0.1, 0.15) is 0 Å². The molecule has 3 aromatic heterocycles.